The van der Waals surface area contributed by atoms with Gasteiger partial charge in [0.15, 0.2) is 0 Å². The highest BCUT2D eigenvalue weighted by atomic mass is 79.9. The van der Waals surface area contributed by atoms with Crippen LogP contribution >= 0.6 is 15.9 Å². The van der Waals surface area contributed by atoms with Crippen LogP contribution in [0.2, 0.25) is 0 Å². The lowest BCUT2D eigenvalue weighted by Gasteiger charge is -2.18. The smallest absolute Gasteiger partial charge is 0.236 e. The first-order valence-electron chi connectivity index (χ1n) is 6.96. The molecule has 0 spiro atoms. The molecule has 1 N–H and O–H groups in total. The normalized spacial score (nSPS) is 18.2. The second-order valence-electron chi connectivity index (χ2n) is 5.14. The Morgan fingerprint density at radius 1 is 1.45 bits per heavy atom. The van der Waals surface area contributed by atoms with Crippen LogP contribution in [0.4, 0.5) is 0 Å². The highest BCUT2D eigenvalue weighted by molar-refractivity contribution is 9.10. The fourth-order valence-corrected chi connectivity index (χ4v) is 2.50. The van der Waals surface area contributed by atoms with E-state index in [1.54, 1.807) is 4.90 Å². The van der Waals surface area contributed by atoms with E-state index < -0.39 is 0 Å². The zero-order valence-electron chi connectivity index (χ0n) is 11.8. The summed E-state index contributed by atoms with van der Waals surface area (Å²) in [6, 6.07) is 8.02. The minimum absolute atomic E-state index is 0.103. The van der Waals surface area contributed by atoms with Crippen molar-refractivity contribution in [3.8, 4) is 0 Å². The molecule has 1 aromatic carbocycles. The predicted octanol–water partition coefficient (Wildman–Crippen LogP) is 2.18. The quantitative estimate of drug-likeness (QED) is 0.862. The molecule has 0 radical (unpaired) electrons. The second kappa shape index (κ2) is 7.76. The van der Waals surface area contributed by atoms with Crippen molar-refractivity contribution < 1.29 is 9.53 Å². The summed E-state index contributed by atoms with van der Waals surface area (Å²) in [5.41, 5.74) is 1.13. The van der Waals surface area contributed by atoms with Crippen molar-refractivity contribution >= 4 is 21.8 Å². The number of carbonyl (C=O) groups is 1. The van der Waals surface area contributed by atoms with Gasteiger partial charge in [-0.15, -0.1) is 0 Å². The average Bonchev–Trinajstić information content (AvgIpc) is 2.94. The van der Waals surface area contributed by atoms with Crippen molar-refractivity contribution in [3.63, 3.8) is 0 Å². The van der Waals surface area contributed by atoms with Crippen molar-refractivity contribution in [2.75, 3.05) is 26.7 Å². The molecule has 1 unspecified atom stereocenters. The van der Waals surface area contributed by atoms with Crippen LogP contribution in [0.5, 0.6) is 0 Å². The van der Waals surface area contributed by atoms with E-state index in [0.29, 0.717) is 13.1 Å². The first-order valence-corrected chi connectivity index (χ1v) is 7.75. The van der Waals surface area contributed by atoms with Gasteiger partial charge in [0, 0.05) is 31.2 Å². The summed E-state index contributed by atoms with van der Waals surface area (Å²) >= 11 is 3.40. The molecule has 20 heavy (non-hydrogen) atoms. The SMILES string of the molecule is CN(Cc1ccc(Br)cc1)C(=O)CNCC1CCCO1. The number of rotatable bonds is 6. The molecule has 1 heterocycles. The van der Waals surface area contributed by atoms with Crippen LogP contribution in [-0.4, -0.2) is 43.7 Å². The minimum Gasteiger partial charge on any atom is -0.377 e. The van der Waals surface area contributed by atoms with Gasteiger partial charge in [-0.25, -0.2) is 0 Å². The summed E-state index contributed by atoms with van der Waals surface area (Å²) in [5, 5.41) is 3.18. The molecule has 2 rings (SSSR count). The topological polar surface area (TPSA) is 41.6 Å². The number of likely N-dealkylation sites (N-methyl/N-ethyl adjacent to an activating group) is 1. The van der Waals surface area contributed by atoms with Gasteiger partial charge in [-0.3, -0.25) is 4.79 Å². The summed E-state index contributed by atoms with van der Waals surface area (Å²) in [6.45, 7) is 2.61. The van der Waals surface area contributed by atoms with Crippen LogP contribution in [0.1, 0.15) is 18.4 Å². The molecule has 110 valence electrons. The Hall–Kier alpha value is -0.910. The van der Waals surface area contributed by atoms with Gasteiger partial charge >= 0.3 is 0 Å². The lowest BCUT2D eigenvalue weighted by Crippen LogP contribution is -2.38. The Morgan fingerprint density at radius 2 is 2.20 bits per heavy atom. The number of halogens is 1. The fraction of sp³-hybridized carbons (Fsp3) is 0.533. The largest absolute Gasteiger partial charge is 0.377 e. The Bertz CT molecular complexity index is 430. The van der Waals surface area contributed by atoms with Crippen molar-refractivity contribution in [1.29, 1.82) is 0 Å². The Kier molecular flexibility index (Phi) is 6.01. The molecular weight excluding hydrogens is 320 g/mol. The number of hydrogen-bond acceptors (Lipinski definition) is 3. The fourth-order valence-electron chi connectivity index (χ4n) is 2.23. The number of hydrogen-bond donors (Lipinski definition) is 1. The number of carbonyl (C=O) groups excluding carboxylic acids is 1. The van der Waals surface area contributed by atoms with Crippen LogP contribution in [0.15, 0.2) is 28.7 Å². The first kappa shape index (κ1) is 15.5. The van der Waals surface area contributed by atoms with Crippen molar-refractivity contribution in [3.05, 3.63) is 34.3 Å². The predicted molar refractivity (Wildman–Crippen MR) is 82.5 cm³/mol. The summed E-state index contributed by atoms with van der Waals surface area (Å²) < 4.78 is 6.56. The molecule has 0 aromatic heterocycles. The van der Waals surface area contributed by atoms with E-state index in [4.69, 9.17) is 4.74 Å². The van der Waals surface area contributed by atoms with Gasteiger partial charge < -0.3 is 15.0 Å². The van der Waals surface area contributed by atoms with Crippen LogP contribution in [-0.2, 0) is 16.1 Å². The van der Waals surface area contributed by atoms with E-state index in [2.05, 4.69) is 21.2 Å². The summed E-state index contributed by atoms with van der Waals surface area (Å²) in [6.07, 6.45) is 2.50. The second-order valence-corrected chi connectivity index (χ2v) is 6.06. The van der Waals surface area contributed by atoms with E-state index in [0.717, 1.165) is 36.0 Å². The summed E-state index contributed by atoms with van der Waals surface area (Å²) in [7, 11) is 1.83. The van der Waals surface area contributed by atoms with E-state index >= 15 is 0 Å². The number of amides is 1. The zero-order chi connectivity index (χ0) is 14.4. The van der Waals surface area contributed by atoms with Gasteiger partial charge in [-0.2, -0.15) is 0 Å². The maximum atomic E-state index is 12.0. The van der Waals surface area contributed by atoms with Gasteiger partial charge in [0.1, 0.15) is 0 Å². The number of benzene rings is 1. The Balaban J connectivity index is 1.69. The highest BCUT2D eigenvalue weighted by Crippen LogP contribution is 2.12. The third-order valence-electron chi connectivity index (χ3n) is 3.43. The first-order chi connectivity index (χ1) is 9.65. The van der Waals surface area contributed by atoms with Crippen LogP contribution in [0.25, 0.3) is 0 Å². The van der Waals surface area contributed by atoms with Crippen LogP contribution < -0.4 is 5.32 Å². The Labute approximate surface area is 128 Å². The van der Waals surface area contributed by atoms with Gasteiger partial charge in [-0.1, -0.05) is 28.1 Å². The van der Waals surface area contributed by atoms with Crippen molar-refractivity contribution in [1.82, 2.24) is 10.2 Å². The van der Waals surface area contributed by atoms with E-state index in [-0.39, 0.29) is 12.0 Å². The van der Waals surface area contributed by atoms with Gasteiger partial charge in [0.25, 0.3) is 0 Å². The van der Waals surface area contributed by atoms with Crippen LogP contribution in [0, 0.1) is 0 Å². The molecule has 0 saturated carbocycles. The lowest BCUT2D eigenvalue weighted by molar-refractivity contribution is -0.129. The molecule has 1 amide bonds. The Morgan fingerprint density at radius 3 is 2.85 bits per heavy atom. The van der Waals surface area contributed by atoms with Crippen LogP contribution in [0.3, 0.4) is 0 Å². The van der Waals surface area contributed by atoms with Crippen molar-refractivity contribution in [2.24, 2.45) is 0 Å². The summed E-state index contributed by atoms with van der Waals surface area (Å²) in [5.74, 6) is 0.103. The number of nitrogens with one attached hydrogen (secondary N) is 1. The molecule has 5 heteroatoms. The molecule has 4 nitrogen and oxygen atoms in total. The molecule has 1 aliphatic rings. The molecule has 1 atom stereocenters. The summed E-state index contributed by atoms with van der Waals surface area (Å²) in [4.78, 5) is 13.7. The molecule has 1 aliphatic heterocycles. The molecule has 1 saturated heterocycles. The molecule has 1 fully saturated rings. The maximum Gasteiger partial charge on any atom is 0.236 e. The van der Waals surface area contributed by atoms with Gasteiger partial charge in [0.2, 0.25) is 5.91 Å². The van der Waals surface area contributed by atoms with E-state index in [9.17, 15) is 4.79 Å². The highest BCUT2D eigenvalue weighted by Gasteiger charge is 2.16. The zero-order valence-corrected chi connectivity index (χ0v) is 13.4. The molecule has 0 aliphatic carbocycles. The standard InChI is InChI=1S/C15H21BrN2O2/c1-18(11-12-4-6-13(16)7-5-12)15(19)10-17-9-14-3-2-8-20-14/h4-7,14,17H,2-3,8-11H2,1H3. The van der Waals surface area contributed by atoms with E-state index in [1.807, 2.05) is 31.3 Å². The molecule has 0 bridgehead atoms. The monoisotopic (exact) mass is 340 g/mol. The third kappa shape index (κ3) is 4.89. The maximum absolute atomic E-state index is 12.0. The van der Waals surface area contributed by atoms with Gasteiger partial charge in [0.05, 0.1) is 12.6 Å². The number of ether oxygens (including phenoxy) is 1. The number of nitrogens with zero attached hydrogens (tertiary/aromatic N) is 1. The average molecular weight is 341 g/mol. The van der Waals surface area contributed by atoms with Gasteiger partial charge in [-0.05, 0) is 30.5 Å². The minimum atomic E-state index is 0.103. The van der Waals surface area contributed by atoms with Crippen molar-refractivity contribution in [2.45, 2.75) is 25.5 Å². The molecule has 1 aromatic rings. The lowest BCUT2D eigenvalue weighted by atomic mass is 10.2. The molecular formula is C15H21BrN2O2. The van der Waals surface area contributed by atoms with E-state index in [1.165, 1.54) is 0 Å². The third-order valence-corrected chi connectivity index (χ3v) is 3.96.